The van der Waals surface area contributed by atoms with Gasteiger partial charge in [-0.05, 0) is 45.4 Å². The lowest BCUT2D eigenvalue weighted by Crippen LogP contribution is -2.27. The van der Waals surface area contributed by atoms with Gasteiger partial charge in [-0.1, -0.05) is 0 Å². The monoisotopic (exact) mass is 273 g/mol. The van der Waals surface area contributed by atoms with Crippen molar-refractivity contribution in [2.24, 2.45) is 0 Å². The minimum atomic E-state index is -1.20. The number of hydrogen-bond donors (Lipinski definition) is 2. The second kappa shape index (κ2) is 5.52. The van der Waals surface area contributed by atoms with Crippen LogP contribution in [0.2, 0.25) is 0 Å². The van der Waals surface area contributed by atoms with Crippen LogP contribution in [-0.2, 0) is 4.74 Å². The molecule has 1 rings (SSSR count). The van der Waals surface area contributed by atoms with Gasteiger partial charge in [0.1, 0.15) is 5.60 Å². The van der Waals surface area contributed by atoms with Gasteiger partial charge in [-0.3, -0.25) is 5.32 Å². The lowest BCUT2D eigenvalue weighted by atomic mass is 10.1. The van der Waals surface area contributed by atoms with E-state index >= 15 is 0 Å². The Kier molecular flexibility index (Phi) is 4.47. The average molecular weight is 273 g/mol. The number of nitrogens with one attached hydrogen (secondary N) is 1. The SMILES string of the molecule is CC(O)c1cc(F)c(F)c(NC(=O)OC(C)(C)C)c1. The fraction of sp³-hybridized carbons (Fsp3) is 0.462. The number of halogens is 2. The topological polar surface area (TPSA) is 58.6 Å². The number of rotatable bonds is 2. The van der Waals surface area contributed by atoms with Crippen LogP contribution in [0.3, 0.4) is 0 Å². The van der Waals surface area contributed by atoms with E-state index < -0.39 is 29.4 Å². The molecule has 0 aliphatic carbocycles. The van der Waals surface area contributed by atoms with E-state index in [0.717, 1.165) is 12.1 Å². The van der Waals surface area contributed by atoms with Gasteiger partial charge in [0.15, 0.2) is 11.6 Å². The molecule has 0 saturated carbocycles. The van der Waals surface area contributed by atoms with Gasteiger partial charge in [0.2, 0.25) is 0 Å². The van der Waals surface area contributed by atoms with Crippen LogP contribution in [0.4, 0.5) is 19.3 Å². The second-order valence-electron chi connectivity index (χ2n) is 5.17. The first-order valence-electron chi connectivity index (χ1n) is 5.77. The Morgan fingerprint density at radius 1 is 1.37 bits per heavy atom. The van der Waals surface area contributed by atoms with Gasteiger partial charge >= 0.3 is 6.09 Å². The van der Waals surface area contributed by atoms with E-state index in [1.165, 1.54) is 6.92 Å². The number of hydrogen-bond acceptors (Lipinski definition) is 3. The van der Waals surface area contributed by atoms with Gasteiger partial charge < -0.3 is 9.84 Å². The van der Waals surface area contributed by atoms with Crippen LogP contribution in [0.5, 0.6) is 0 Å². The molecule has 0 fully saturated rings. The molecule has 6 heteroatoms. The Labute approximate surface area is 110 Å². The summed E-state index contributed by atoms with van der Waals surface area (Å²) in [6.45, 7) is 6.35. The van der Waals surface area contributed by atoms with Crippen molar-refractivity contribution in [2.45, 2.75) is 39.4 Å². The van der Waals surface area contributed by atoms with Crippen molar-refractivity contribution in [3.63, 3.8) is 0 Å². The zero-order chi connectivity index (χ0) is 14.8. The van der Waals surface area contributed by atoms with Crippen LogP contribution in [0.25, 0.3) is 0 Å². The Hall–Kier alpha value is -1.69. The van der Waals surface area contributed by atoms with E-state index in [0.29, 0.717) is 0 Å². The quantitative estimate of drug-likeness (QED) is 0.868. The molecule has 1 atom stereocenters. The molecule has 19 heavy (non-hydrogen) atoms. The van der Waals surface area contributed by atoms with Crippen molar-refractivity contribution in [1.29, 1.82) is 0 Å². The standard InChI is InChI=1S/C13H17F2NO3/c1-7(17)8-5-9(14)11(15)10(6-8)16-12(18)19-13(2,3)4/h5-7,17H,1-4H3,(H,16,18). The summed E-state index contributed by atoms with van der Waals surface area (Å²) in [6.07, 6.45) is -1.87. The van der Waals surface area contributed by atoms with Crippen molar-refractivity contribution in [3.05, 3.63) is 29.3 Å². The van der Waals surface area contributed by atoms with E-state index in [4.69, 9.17) is 4.74 Å². The molecule has 0 aliphatic heterocycles. The predicted molar refractivity (Wildman–Crippen MR) is 66.8 cm³/mol. The molecule has 1 aromatic rings. The first-order valence-corrected chi connectivity index (χ1v) is 5.77. The lowest BCUT2D eigenvalue weighted by molar-refractivity contribution is 0.0635. The molecule has 0 aromatic heterocycles. The molecule has 0 bridgehead atoms. The van der Waals surface area contributed by atoms with E-state index in [1.807, 2.05) is 0 Å². The first kappa shape index (κ1) is 15.4. The Morgan fingerprint density at radius 3 is 2.42 bits per heavy atom. The second-order valence-corrected chi connectivity index (χ2v) is 5.17. The maximum absolute atomic E-state index is 13.5. The number of ether oxygens (including phenoxy) is 1. The highest BCUT2D eigenvalue weighted by Crippen LogP contribution is 2.24. The highest BCUT2D eigenvalue weighted by Gasteiger charge is 2.19. The number of aliphatic hydroxyl groups excluding tert-OH is 1. The molecule has 0 saturated heterocycles. The molecule has 0 heterocycles. The predicted octanol–water partition coefficient (Wildman–Crippen LogP) is 3.37. The molecule has 0 aliphatic rings. The summed E-state index contributed by atoms with van der Waals surface area (Å²) < 4.78 is 31.8. The lowest BCUT2D eigenvalue weighted by Gasteiger charge is -2.20. The summed E-state index contributed by atoms with van der Waals surface area (Å²) in [5.41, 5.74) is -0.962. The maximum Gasteiger partial charge on any atom is 0.412 e. The number of benzene rings is 1. The summed E-state index contributed by atoms with van der Waals surface area (Å²) in [6, 6.07) is 2.03. The van der Waals surface area contributed by atoms with Gasteiger partial charge in [0.05, 0.1) is 11.8 Å². The molecular weight excluding hydrogens is 256 g/mol. The molecule has 0 radical (unpaired) electrons. The zero-order valence-corrected chi connectivity index (χ0v) is 11.3. The number of anilines is 1. The van der Waals surface area contributed by atoms with Crippen molar-refractivity contribution in [2.75, 3.05) is 5.32 Å². The van der Waals surface area contributed by atoms with Crippen LogP contribution < -0.4 is 5.32 Å². The Balaban J connectivity index is 2.97. The summed E-state index contributed by atoms with van der Waals surface area (Å²) in [7, 11) is 0. The fourth-order valence-electron chi connectivity index (χ4n) is 1.36. The van der Waals surface area contributed by atoms with Crippen LogP contribution in [0, 0.1) is 11.6 Å². The number of aliphatic hydroxyl groups is 1. The Morgan fingerprint density at radius 2 is 1.95 bits per heavy atom. The normalized spacial score (nSPS) is 13.0. The van der Waals surface area contributed by atoms with Crippen LogP contribution in [-0.4, -0.2) is 16.8 Å². The van der Waals surface area contributed by atoms with Crippen molar-refractivity contribution < 1.29 is 23.4 Å². The molecule has 1 unspecified atom stereocenters. The highest BCUT2D eigenvalue weighted by molar-refractivity contribution is 5.85. The third-order valence-electron chi connectivity index (χ3n) is 2.17. The van der Waals surface area contributed by atoms with Crippen molar-refractivity contribution in [3.8, 4) is 0 Å². The third-order valence-corrected chi connectivity index (χ3v) is 2.17. The summed E-state index contributed by atoms with van der Waals surface area (Å²) >= 11 is 0. The van der Waals surface area contributed by atoms with Gasteiger partial charge in [0, 0.05) is 0 Å². The van der Waals surface area contributed by atoms with Gasteiger partial charge in [-0.2, -0.15) is 0 Å². The Bertz CT molecular complexity index is 482. The van der Waals surface area contributed by atoms with E-state index in [-0.39, 0.29) is 11.3 Å². The van der Waals surface area contributed by atoms with Gasteiger partial charge in [-0.25, -0.2) is 13.6 Å². The minimum absolute atomic E-state index is 0.157. The molecule has 1 aromatic carbocycles. The number of carbonyl (C=O) groups excluding carboxylic acids is 1. The summed E-state index contributed by atoms with van der Waals surface area (Å²) in [5.74, 6) is -2.35. The number of carbonyl (C=O) groups is 1. The molecule has 4 nitrogen and oxygen atoms in total. The summed E-state index contributed by atoms with van der Waals surface area (Å²) in [4.78, 5) is 11.5. The minimum Gasteiger partial charge on any atom is -0.444 e. The highest BCUT2D eigenvalue weighted by atomic mass is 19.2. The summed E-state index contributed by atoms with van der Waals surface area (Å²) in [5, 5.41) is 11.5. The van der Waals surface area contributed by atoms with E-state index in [1.54, 1.807) is 20.8 Å². The van der Waals surface area contributed by atoms with Crippen LogP contribution in [0.15, 0.2) is 12.1 Å². The number of amides is 1. The van der Waals surface area contributed by atoms with Crippen molar-refractivity contribution >= 4 is 11.8 Å². The first-order chi connectivity index (χ1) is 8.60. The third kappa shape index (κ3) is 4.48. The van der Waals surface area contributed by atoms with Crippen LogP contribution >= 0.6 is 0 Å². The smallest absolute Gasteiger partial charge is 0.412 e. The molecular formula is C13H17F2NO3. The van der Waals surface area contributed by atoms with Gasteiger partial charge in [-0.15, -0.1) is 0 Å². The molecule has 106 valence electrons. The van der Waals surface area contributed by atoms with E-state index in [9.17, 15) is 18.7 Å². The largest absolute Gasteiger partial charge is 0.444 e. The maximum atomic E-state index is 13.5. The van der Waals surface area contributed by atoms with Crippen LogP contribution in [0.1, 0.15) is 39.4 Å². The van der Waals surface area contributed by atoms with Gasteiger partial charge in [0.25, 0.3) is 0 Å². The average Bonchev–Trinajstić information content (AvgIpc) is 2.21. The molecule has 1 amide bonds. The molecule has 2 N–H and O–H groups in total. The fourth-order valence-corrected chi connectivity index (χ4v) is 1.36. The van der Waals surface area contributed by atoms with Crippen molar-refractivity contribution in [1.82, 2.24) is 0 Å². The van der Waals surface area contributed by atoms with E-state index in [2.05, 4.69) is 5.32 Å². The zero-order valence-electron chi connectivity index (χ0n) is 11.3. The molecule has 0 spiro atoms.